The molecule has 0 saturated heterocycles. The number of rotatable bonds is 0. The summed E-state index contributed by atoms with van der Waals surface area (Å²) < 4.78 is 1.72. The van der Waals surface area contributed by atoms with Gasteiger partial charge in [-0.3, -0.25) is 0 Å². The normalized spacial score (nSPS) is 8.40. The number of aryl methyl sites for hydroxylation is 1. The molecule has 1 rings (SSSR count). The minimum absolute atomic E-state index is 0.461. The third kappa shape index (κ3) is 1.72. The van der Waals surface area contributed by atoms with E-state index >= 15 is 0 Å². The highest BCUT2D eigenvalue weighted by molar-refractivity contribution is 5.15. The molecule has 0 unspecified atom stereocenters. The number of hydrogen-bond donors (Lipinski definition) is 1. The molecule has 2 N–H and O–H groups in total. The Morgan fingerprint density at radius 3 is 1.90 bits per heavy atom. The van der Waals surface area contributed by atoms with Crippen LogP contribution in [0.15, 0.2) is 0 Å². The summed E-state index contributed by atoms with van der Waals surface area (Å²) in [5.41, 5.74) is 5.33. The van der Waals surface area contributed by atoms with Crippen molar-refractivity contribution in [2.45, 2.75) is 20.8 Å². The zero-order chi connectivity index (χ0) is 8.15. The molecule has 0 atom stereocenters. The van der Waals surface area contributed by atoms with Crippen molar-refractivity contribution in [3.8, 4) is 0 Å². The quantitative estimate of drug-likeness (QED) is 0.581. The molecule has 0 aliphatic carbocycles. The second-order valence-electron chi connectivity index (χ2n) is 1.66. The van der Waals surface area contributed by atoms with Gasteiger partial charge in [-0.05, 0) is 6.92 Å². The van der Waals surface area contributed by atoms with Crippen molar-refractivity contribution in [1.82, 2.24) is 14.8 Å². The molecule has 4 heteroatoms. The van der Waals surface area contributed by atoms with Gasteiger partial charge in [0.1, 0.15) is 5.82 Å². The van der Waals surface area contributed by atoms with Crippen molar-refractivity contribution in [3.63, 3.8) is 0 Å². The topological polar surface area (TPSA) is 56.7 Å². The largest absolute Gasteiger partial charge is 0.368 e. The second kappa shape index (κ2) is 3.87. The molecule has 0 aliphatic rings. The number of anilines is 1. The van der Waals surface area contributed by atoms with E-state index in [4.69, 9.17) is 5.73 Å². The molecule has 0 radical (unpaired) electrons. The van der Waals surface area contributed by atoms with Crippen LogP contribution in [0.2, 0.25) is 0 Å². The standard InChI is InChI=1S/C4H8N4.C2H6/c1-3-6-7-4(5)8(3)2;1-2/h1-2H3,(H2,5,7);1-2H3. The fraction of sp³-hybridized carbons (Fsp3) is 0.667. The predicted octanol–water partition coefficient (Wildman–Crippen LogP) is 0.732. The van der Waals surface area contributed by atoms with E-state index in [2.05, 4.69) is 10.2 Å². The molecule has 1 heterocycles. The highest BCUT2D eigenvalue weighted by Crippen LogP contribution is 1.95. The molecule has 1 aromatic rings. The van der Waals surface area contributed by atoms with Crippen LogP contribution in [0.25, 0.3) is 0 Å². The molecule has 0 amide bonds. The van der Waals surface area contributed by atoms with Crippen molar-refractivity contribution < 1.29 is 0 Å². The van der Waals surface area contributed by atoms with Crippen molar-refractivity contribution >= 4 is 5.95 Å². The smallest absolute Gasteiger partial charge is 0.221 e. The van der Waals surface area contributed by atoms with Gasteiger partial charge < -0.3 is 10.3 Å². The number of nitrogen functional groups attached to an aromatic ring is 1. The van der Waals surface area contributed by atoms with Gasteiger partial charge in [-0.15, -0.1) is 10.2 Å². The lowest BCUT2D eigenvalue weighted by Gasteiger charge is -1.90. The first-order valence-electron chi connectivity index (χ1n) is 3.33. The van der Waals surface area contributed by atoms with Crippen LogP contribution in [0, 0.1) is 6.92 Å². The summed E-state index contributed by atoms with van der Waals surface area (Å²) in [7, 11) is 1.82. The van der Waals surface area contributed by atoms with Crippen molar-refractivity contribution in [2.75, 3.05) is 5.73 Å². The van der Waals surface area contributed by atoms with E-state index in [0.29, 0.717) is 5.95 Å². The van der Waals surface area contributed by atoms with E-state index in [1.165, 1.54) is 0 Å². The molecule has 58 valence electrons. The Kier molecular flexibility index (Phi) is 3.46. The first-order chi connectivity index (χ1) is 4.72. The molecule has 0 spiro atoms. The maximum absolute atomic E-state index is 5.33. The molecular formula is C6H14N4. The first-order valence-corrected chi connectivity index (χ1v) is 3.33. The SMILES string of the molecule is CC.Cc1nnc(N)n1C. The Hall–Kier alpha value is -1.06. The minimum atomic E-state index is 0.461. The Morgan fingerprint density at radius 2 is 1.80 bits per heavy atom. The fourth-order valence-electron chi connectivity index (χ4n) is 0.424. The van der Waals surface area contributed by atoms with E-state index in [0.717, 1.165) is 5.82 Å². The molecule has 0 saturated carbocycles. The highest BCUT2D eigenvalue weighted by atomic mass is 15.3. The van der Waals surface area contributed by atoms with Crippen LogP contribution in [0.5, 0.6) is 0 Å². The van der Waals surface area contributed by atoms with Gasteiger partial charge in [0, 0.05) is 7.05 Å². The molecule has 0 aliphatic heterocycles. The molecule has 0 bridgehead atoms. The Bertz CT molecular complexity index is 172. The fourth-order valence-corrected chi connectivity index (χ4v) is 0.424. The summed E-state index contributed by atoms with van der Waals surface area (Å²) in [6.45, 7) is 5.85. The zero-order valence-corrected chi connectivity index (χ0v) is 6.92. The number of aromatic nitrogens is 3. The average Bonchev–Trinajstić information content (AvgIpc) is 2.25. The van der Waals surface area contributed by atoms with Gasteiger partial charge in [0.2, 0.25) is 5.95 Å². The van der Waals surface area contributed by atoms with Crippen molar-refractivity contribution in [3.05, 3.63) is 5.82 Å². The van der Waals surface area contributed by atoms with Crippen molar-refractivity contribution in [1.29, 1.82) is 0 Å². The first kappa shape index (κ1) is 8.94. The van der Waals surface area contributed by atoms with E-state index in [-0.39, 0.29) is 0 Å². The van der Waals surface area contributed by atoms with Gasteiger partial charge in [0.25, 0.3) is 0 Å². The summed E-state index contributed by atoms with van der Waals surface area (Å²) in [6.07, 6.45) is 0. The van der Waals surface area contributed by atoms with Crippen LogP contribution in [-0.2, 0) is 7.05 Å². The maximum atomic E-state index is 5.33. The van der Waals surface area contributed by atoms with Crippen LogP contribution >= 0.6 is 0 Å². The molecule has 10 heavy (non-hydrogen) atoms. The average molecular weight is 142 g/mol. The second-order valence-corrected chi connectivity index (χ2v) is 1.66. The summed E-state index contributed by atoms with van der Waals surface area (Å²) in [5.74, 6) is 1.30. The lowest BCUT2D eigenvalue weighted by atomic mass is 10.7. The van der Waals surface area contributed by atoms with Crippen LogP contribution in [0.3, 0.4) is 0 Å². The molecular weight excluding hydrogens is 128 g/mol. The van der Waals surface area contributed by atoms with Crippen molar-refractivity contribution in [2.24, 2.45) is 7.05 Å². The Labute approximate surface area is 61.1 Å². The van der Waals surface area contributed by atoms with E-state index in [1.54, 1.807) is 4.57 Å². The third-order valence-electron chi connectivity index (χ3n) is 1.13. The zero-order valence-electron chi connectivity index (χ0n) is 6.92. The van der Waals surface area contributed by atoms with Crippen LogP contribution < -0.4 is 5.73 Å². The Morgan fingerprint density at radius 1 is 1.30 bits per heavy atom. The van der Waals surface area contributed by atoms with Crippen LogP contribution in [0.1, 0.15) is 19.7 Å². The van der Waals surface area contributed by atoms with Gasteiger partial charge in [0.15, 0.2) is 0 Å². The third-order valence-corrected chi connectivity index (χ3v) is 1.13. The minimum Gasteiger partial charge on any atom is -0.368 e. The van der Waals surface area contributed by atoms with Gasteiger partial charge >= 0.3 is 0 Å². The maximum Gasteiger partial charge on any atom is 0.221 e. The summed E-state index contributed by atoms with van der Waals surface area (Å²) in [4.78, 5) is 0. The summed E-state index contributed by atoms with van der Waals surface area (Å²) in [5, 5.41) is 7.31. The summed E-state index contributed by atoms with van der Waals surface area (Å²) >= 11 is 0. The number of nitrogens with two attached hydrogens (primary N) is 1. The predicted molar refractivity (Wildman–Crippen MR) is 41.5 cm³/mol. The summed E-state index contributed by atoms with van der Waals surface area (Å²) in [6, 6.07) is 0. The number of hydrogen-bond acceptors (Lipinski definition) is 3. The number of nitrogens with zero attached hydrogens (tertiary/aromatic N) is 3. The monoisotopic (exact) mass is 142 g/mol. The van der Waals surface area contributed by atoms with E-state index in [9.17, 15) is 0 Å². The van der Waals surface area contributed by atoms with Crippen LogP contribution in [0.4, 0.5) is 5.95 Å². The molecule has 1 aromatic heterocycles. The Balaban J connectivity index is 0.000000371. The molecule has 0 aromatic carbocycles. The lowest BCUT2D eigenvalue weighted by molar-refractivity contribution is 0.868. The highest BCUT2D eigenvalue weighted by Gasteiger charge is 1.95. The van der Waals surface area contributed by atoms with Gasteiger partial charge in [-0.1, -0.05) is 13.8 Å². The molecule has 4 nitrogen and oxygen atoms in total. The van der Waals surface area contributed by atoms with E-state index in [1.807, 2.05) is 27.8 Å². The van der Waals surface area contributed by atoms with Gasteiger partial charge in [0.05, 0.1) is 0 Å². The lowest BCUT2D eigenvalue weighted by Crippen LogP contribution is -1.97. The van der Waals surface area contributed by atoms with Gasteiger partial charge in [-0.2, -0.15) is 0 Å². The van der Waals surface area contributed by atoms with Gasteiger partial charge in [-0.25, -0.2) is 0 Å². The molecule has 0 fully saturated rings. The van der Waals surface area contributed by atoms with E-state index < -0.39 is 0 Å². The van der Waals surface area contributed by atoms with Crippen LogP contribution in [-0.4, -0.2) is 14.8 Å².